The smallest absolute Gasteiger partial charge is 0.274 e. The first-order valence-corrected chi connectivity index (χ1v) is 10.8. The number of benzene rings is 2. The number of nitro benzene ring substituents is 1. The number of nitrogens with zero attached hydrogens (tertiary/aromatic N) is 3. The van der Waals surface area contributed by atoms with E-state index in [0.717, 1.165) is 6.42 Å². The Morgan fingerprint density at radius 3 is 2.13 bits per heavy atom. The van der Waals surface area contributed by atoms with Gasteiger partial charge in [0.2, 0.25) is 5.89 Å². The summed E-state index contributed by atoms with van der Waals surface area (Å²) in [6.07, 6.45) is 1.13. The average molecular weight is 424 g/mol. The van der Waals surface area contributed by atoms with Gasteiger partial charge in [0, 0.05) is 29.2 Å². The van der Waals surface area contributed by atoms with Crippen LogP contribution < -0.4 is 5.32 Å². The maximum atomic E-state index is 10.8. The van der Waals surface area contributed by atoms with Gasteiger partial charge in [-0.2, -0.15) is 0 Å². The number of quaternary nitrogens is 1. The van der Waals surface area contributed by atoms with Crippen molar-refractivity contribution in [2.24, 2.45) is 5.92 Å². The van der Waals surface area contributed by atoms with E-state index in [2.05, 4.69) is 74.4 Å². The topological polar surface area (TPSA) is 98.7 Å². The average Bonchev–Trinajstić information content (AvgIpc) is 3.27. The predicted molar refractivity (Wildman–Crippen MR) is 119 cm³/mol. The molecular formula is C24H31N4O3+. The number of hydrogen-bond acceptors (Lipinski definition) is 5. The van der Waals surface area contributed by atoms with Gasteiger partial charge in [0.05, 0.1) is 4.92 Å². The lowest BCUT2D eigenvalue weighted by atomic mass is 9.92. The van der Waals surface area contributed by atoms with Gasteiger partial charge in [-0.15, -0.1) is 10.2 Å². The minimum Gasteiger partial charge on any atom is -0.415 e. The Bertz CT molecular complexity index is 996. The molecule has 0 unspecified atom stereocenters. The fourth-order valence-electron chi connectivity index (χ4n) is 3.65. The molecule has 0 radical (unpaired) electrons. The molecule has 31 heavy (non-hydrogen) atoms. The molecule has 0 fully saturated rings. The van der Waals surface area contributed by atoms with Crippen molar-refractivity contribution < 1.29 is 14.7 Å². The molecule has 164 valence electrons. The van der Waals surface area contributed by atoms with Gasteiger partial charge in [-0.3, -0.25) is 10.1 Å². The maximum Gasteiger partial charge on any atom is 0.274 e. The normalized spacial score (nSPS) is 14.4. The van der Waals surface area contributed by atoms with E-state index in [0.29, 0.717) is 29.2 Å². The Hall–Kier alpha value is -3.06. The molecule has 0 saturated carbocycles. The summed E-state index contributed by atoms with van der Waals surface area (Å²) in [7, 11) is 0. The Labute approximate surface area is 183 Å². The molecule has 0 bridgehead atoms. The van der Waals surface area contributed by atoms with Crippen LogP contribution in [0.2, 0.25) is 0 Å². The zero-order valence-electron chi connectivity index (χ0n) is 18.8. The van der Waals surface area contributed by atoms with E-state index in [4.69, 9.17) is 4.42 Å². The highest BCUT2D eigenvalue weighted by atomic mass is 16.6. The number of aromatic nitrogens is 2. The molecule has 0 spiro atoms. The molecule has 1 heterocycles. The fourth-order valence-corrected chi connectivity index (χ4v) is 3.65. The SMILES string of the molecule is CC[C@@H](C)c1ccc([C@H]([NH2+][C@@H](C)c2nnc(-c3ccc([N+](=O)[O-])cc3)o2)C(C)C)cc1. The van der Waals surface area contributed by atoms with Gasteiger partial charge in [-0.1, -0.05) is 52.0 Å². The fraction of sp³-hybridized carbons (Fsp3) is 0.417. The van der Waals surface area contributed by atoms with E-state index in [1.165, 1.54) is 23.3 Å². The molecule has 3 rings (SSSR count). The summed E-state index contributed by atoms with van der Waals surface area (Å²) in [4.78, 5) is 10.4. The summed E-state index contributed by atoms with van der Waals surface area (Å²) in [5.74, 6) is 1.89. The third-order valence-electron chi connectivity index (χ3n) is 5.87. The molecule has 0 saturated heterocycles. The summed E-state index contributed by atoms with van der Waals surface area (Å²) in [5.41, 5.74) is 3.34. The largest absolute Gasteiger partial charge is 0.415 e. The van der Waals surface area contributed by atoms with E-state index in [1.807, 2.05) is 0 Å². The number of nitrogens with two attached hydrogens (primary N) is 1. The standard InChI is InChI=1S/C24H30N4O3/c1-6-16(4)18-7-9-19(10-8-18)22(15(2)3)25-17(5)23-26-27-24(31-23)20-11-13-21(14-12-20)28(29)30/h7-17,22,25H,6H2,1-5H3/p+1/t16-,17+,22-/m1/s1. The van der Waals surface area contributed by atoms with E-state index >= 15 is 0 Å². The van der Waals surface area contributed by atoms with Gasteiger partial charge >= 0.3 is 0 Å². The van der Waals surface area contributed by atoms with Crippen molar-refractivity contribution in [2.45, 2.75) is 59.0 Å². The Kier molecular flexibility index (Phi) is 7.17. The van der Waals surface area contributed by atoms with Crippen molar-refractivity contribution in [3.8, 4) is 11.5 Å². The summed E-state index contributed by atoms with van der Waals surface area (Å²) in [5, 5.41) is 21.5. The zero-order valence-corrected chi connectivity index (χ0v) is 18.8. The van der Waals surface area contributed by atoms with E-state index in [-0.39, 0.29) is 17.8 Å². The van der Waals surface area contributed by atoms with Crippen LogP contribution in [0.1, 0.15) is 76.1 Å². The number of rotatable bonds is 9. The molecule has 7 nitrogen and oxygen atoms in total. The second-order valence-corrected chi connectivity index (χ2v) is 8.48. The molecule has 1 aromatic heterocycles. The van der Waals surface area contributed by atoms with Gasteiger partial charge in [-0.25, -0.2) is 0 Å². The molecule has 0 amide bonds. The molecule has 0 aliphatic heterocycles. The summed E-state index contributed by atoms with van der Waals surface area (Å²) in [6.45, 7) is 10.9. The number of nitro groups is 1. The second-order valence-electron chi connectivity index (χ2n) is 8.48. The van der Waals surface area contributed by atoms with Gasteiger partial charge < -0.3 is 9.73 Å². The van der Waals surface area contributed by atoms with Crippen molar-refractivity contribution in [2.75, 3.05) is 0 Å². The lowest BCUT2D eigenvalue weighted by Gasteiger charge is -2.22. The molecule has 2 N–H and O–H groups in total. The first kappa shape index (κ1) is 22.6. The van der Waals surface area contributed by atoms with Gasteiger partial charge in [0.25, 0.3) is 11.6 Å². The van der Waals surface area contributed by atoms with Crippen molar-refractivity contribution in [1.29, 1.82) is 0 Å². The van der Waals surface area contributed by atoms with Gasteiger partial charge in [0.15, 0.2) is 6.04 Å². The highest BCUT2D eigenvalue weighted by molar-refractivity contribution is 5.55. The Balaban J connectivity index is 1.74. The summed E-state index contributed by atoms with van der Waals surface area (Å²) >= 11 is 0. The van der Waals surface area contributed by atoms with Crippen LogP contribution in [0.25, 0.3) is 11.5 Å². The quantitative estimate of drug-likeness (QED) is 0.378. The highest BCUT2D eigenvalue weighted by Crippen LogP contribution is 2.25. The number of hydrogen-bond donors (Lipinski definition) is 1. The monoisotopic (exact) mass is 423 g/mol. The van der Waals surface area contributed by atoms with Crippen molar-refractivity contribution >= 4 is 5.69 Å². The molecule has 0 aliphatic rings. The van der Waals surface area contributed by atoms with Crippen molar-refractivity contribution in [1.82, 2.24) is 10.2 Å². The van der Waals surface area contributed by atoms with Crippen LogP contribution in [-0.4, -0.2) is 15.1 Å². The molecule has 7 heteroatoms. The zero-order chi connectivity index (χ0) is 22.5. The Morgan fingerprint density at radius 1 is 0.968 bits per heavy atom. The first-order valence-electron chi connectivity index (χ1n) is 10.8. The maximum absolute atomic E-state index is 10.8. The highest BCUT2D eigenvalue weighted by Gasteiger charge is 2.26. The third-order valence-corrected chi connectivity index (χ3v) is 5.87. The molecule has 3 aromatic rings. The number of non-ortho nitro benzene ring substituents is 1. The lowest BCUT2D eigenvalue weighted by molar-refractivity contribution is -0.739. The van der Waals surface area contributed by atoms with Crippen molar-refractivity contribution in [3.63, 3.8) is 0 Å². The lowest BCUT2D eigenvalue weighted by Crippen LogP contribution is -2.86. The van der Waals surface area contributed by atoms with Crippen LogP contribution in [0.3, 0.4) is 0 Å². The van der Waals surface area contributed by atoms with Crippen LogP contribution in [0.5, 0.6) is 0 Å². The van der Waals surface area contributed by atoms with Crippen molar-refractivity contribution in [3.05, 3.63) is 75.7 Å². The van der Waals surface area contributed by atoms with Crippen LogP contribution in [0.4, 0.5) is 5.69 Å². The molecule has 0 aliphatic carbocycles. The van der Waals surface area contributed by atoms with Gasteiger partial charge in [0.1, 0.15) is 6.04 Å². The summed E-state index contributed by atoms with van der Waals surface area (Å²) < 4.78 is 5.89. The van der Waals surface area contributed by atoms with E-state index in [9.17, 15) is 10.1 Å². The van der Waals surface area contributed by atoms with E-state index in [1.54, 1.807) is 12.1 Å². The summed E-state index contributed by atoms with van der Waals surface area (Å²) in [6, 6.07) is 15.3. The van der Waals surface area contributed by atoms with E-state index < -0.39 is 4.92 Å². The van der Waals surface area contributed by atoms with Gasteiger partial charge in [-0.05, 0) is 37.0 Å². The van der Waals surface area contributed by atoms with Crippen LogP contribution >= 0.6 is 0 Å². The first-order chi connectivity index (χ1) is 14.8. The molecule has 2 aromatic carbocycles. The molecular weight excluding hydrogens is 392 g/mol. The third kappa shape index (κ3) is 5.35. The molecule has 3 atom stereocenters. The minimum absolute atomic E-state index is 0.0269. The minimum atomic E-state index is -0.429. The predicted octanol–water partition coefficient (Wildman–Crippen LogP) is 5.18. The van der Waals surface area contributed by atoms with Crippen LogP contribution in [-0.2, 0) is 0 Å². The Morgan fingerprint density at radius 2 is 1.58 bits per heavy atom. The van der Waals surface area contributed by atoms with Crippen LogP contribution in [0, 0.1) is 16.0 Å². The second kappa shape index (κ2) is 9.83. The van der Waals surface area contributed by atoms with Crippen LogP contribution in [0.15, 0.2) is 52.9 Å².